The van der Waals surface area contributed by atoms with Crippen LogP contribution in [0.15, 0.2) is 53.5 Å². The van der Waals surface area contributed by atoms with Crippen molar-refractivity contribution in [2.45, 2.75) is 13.1 Å². The Balaban J connectivity index is 1.90. The van der Waals surface area contributed by atoms with Crippen LogP contribution in [0.5, 0.6) is 0 Å². The van der Waals surface area contributed by atoms with Crippen molar-refractivity contribution in [3.63, 3.8) is 0 Å². The predicted octanol–water partition coefficient (Wildman–Crippen LogP) is 3.01. The van der Waals surface area contributed by atoms with E-state index in [0.717, 1.165) is 15.8 Å². The third-order valence-corrected chi connectivity index (χ3v) is 4.67. The van der Waals surface area contributed by atoms with Gasteiger partial charge in [-0.3, -0.25) is 9.59 Å². The van der Waals surface area contributed by atoms with Gasteiger partial charge in [-0.05, 0) is 23.6 Å². The molecule has 2 heterocycles. The summed E-state index contributed by atoms with van der Waals surface area (Å²) >= 11 is 1.52. The maximum atomic E-state index is 12.3. The molecule has 1 aromatic carbocycles. The van der Waals surface area contributed by atoms with Gasteiger partial charge >= 0.3 is 5.97 Å². The first-order valence-corrected chi connectivity index (χ1v) is 8.68. The quantitative estimate of drug-likeness (QED) is 0.518. The summed E-state index contributed by atoms with van der Waals surface area (Å²) in [6.07, 6.45) is 3.13. The summed E-state index contributed by atoms with van der Waals surface area (Å²) in [6, 6.07) is 13.0. The van der Waals surface area contributed by atoms with E-state index >= 15 is 0 Å². The van der Waals surface area contributed by atoms with Gasteiger partial charge in [0.05, 0.1) is 6.54 Å². The minimum absolute atomic E-state index is 0.0280. The maximum absolute atomic E-state index is 12.3. The SMILES string of the molecule is N#C/C(=C\c1cn(CC(=O)O)c2ccccc12)C(=O)NCc1cccs1. The van der Waals surface area contributed by atoms with Gasteiger partial charge in [-0.25, -0.2) is 0 Å². The van der Waals surface area contributed by atoms with Gasteiger partial charge in [0.1, 0.15) is 18.2 Å². The Morgan fingerprint density at radius 2 is 2.08 bits per heavy atom. The summed E-state index contributed by atoms with van der Waals surface area (Å²) < 4.78 is 1.59. The van der Waals surface area contributed by atoms with Gasteiger partial charge in [0.15, 0.2) is 0 Å². The Labute approximate surface area is 153 Å². The number of nitriles is 1. The zero-order valence-electron chi connectivity index (χ0n) is 13.7. The molecule has 0 atom stereocenters. The zero-order valence-corrected chi connectivity index (χ0v) is 14.5. The molecule has 2 N–H and O–H groups in total. The molecule has 6 nitrogen and oxygen atoms in total. The van der Waals surface area contributed by atoms with Crippen LogP contribution in [-0.4, -0.2) is 21.6 Å². The van der Waals surface area contributed by atoms with Crippen LogP contribution in [0.25, 0.3) is 17.0 Å². The smallest absolute Gasteiger partial charge is 0.323 e. The minimum Gasteiger partial charge on any atom is -0.480 e. The second kappa shape index (κ2) is 7.68. The van der Waals surface area contributed by atoms with E-state index < -0.39 is 11.9 Å². The van der Waals surface area contributed by atoms with Crippen molar-refractivity contribution in [3.8, 4) is 6.07 Å². The summed E-state index contributed by atoms with van der Waals surface area (Å²) in [5.41, 5.74) is 1.34. The van der Waals surface area contributed by atoms with Crippen LogP contribution in [0.3, 0.4) is 0 Å². The lowest BCUT2D eigenvalue weighted by molar-refractivity contribution is -0.137. The fraction of sp³-hybridized carbons (Fsp3) is 0.105. The second-order valence-corrected chi connectivity index (χ2v) is 6.59. The highest BCUT2D eigenvalue weighted by Crippen LogP contribution is 2.23. The van der Waals surface area contributed by atoms with E-state index in [9.17, 15) is 14.9 Å². The molecular weight excluding hydrogens is 350 g/mol. The Hall–Kier alpha value is -3.37. The van der Waals surface area contributed by atoms with Crippen molar-refractivity contribution >= 4 is 40.2 Å². The molecule has 3 aromatic rings. The Kier molecular flexibility index (Phi) is 5.15. The number of nitrogens with one attached hydrogen (secondary N) is 1. The molecule has 0 spiro atoms. The number of nitrogens with zero attached hydrogens (tertiary/aromatic N) is 2. The van der Waals surface area contributed by atoms with Crippen molar-refractivity contribution < 1.29 is 14.7 Å². The van der Waals surface area contributed by atoms with Crippen molar-refractivity contribution in [1.82, 2.24) is 9.88 Å². The number of carboxylic acids is 1. The average molecular weight is 365 g/mol. The molecule has 0 unspecified atom stereocenters. The monoisotopic (exact) mass is 365 g/mol. The van der Waals surface area contributed by atoms with E-state index in [2.05, 4.69) is 5.32 Å². The van der Waals surface area contributed by atoms with Gasteiger partial charge in [-0.15, -0.1) is 11.3 Å². The number of thiophene rings is 1. The van der Waals surface area contributed by atoms with Gasteiger partial charge in [0.2, 0.25) is 0 Å². The molecular formula is C19H15N3O3S. The number of carbonyl (C=O) groups excluding carboxylic acids is 1. The standard InChI is InChI=1S/C19H15N3O3S/c20-9-13(19(25)21-10-15-4-3-7-26-15)8-14-11-22(12-18(23)24)17-6-2-1-5-16(14)17/h1-8,11H,10,12H2,(H,21,25)(H,23,24)/b13-8+. The molecule has 3 rings (SSSR count). The van der Waals surface area contributed by atoms with Crippen molar-refractivity contribution in [2.24, 2.45) is 0 Å². The molecule has 0 aliphatic carbocycles. The summed E-state index contributed by atoms with van der Waals surface area (Å²) in [6.45, 7) is 0.164. The summed E-state index contributed by atoms with van der Waals surface area (Å²) in [5, 5.41) is 23.8. The first-order valence-electron chi connectivity index (χ1n) is 7.80. The van der Waals surface area contributed by atoms with Crippen LogP contribution in [-0.2, 0) is 22.7 Å². The summed E-state index contributed by atoms with van der Waals surface area (Å²) in [5.74, 6) is -1.42. The number of rotatable bonds is 6. The average Bonchev–Trinajstić information content (AvgIpc) is 3.26. The van der Waals surface area contributed by atoms with Crippen LogP contribution >= 0.6 is 11.3 Å². The number of benzene rings is 1. The Morgan fingerprint density at radius 1 is 1.27 bits per heavy atom. The van der Waals surface area contributed by atoms with E-state index in [4.69, 9.17) is 5.11 Å². The van der Waals surface area contributed by atoms with E-state index in [1.165, 1.54) is 17.4 Å². The van der Waals surface area contributed by atoms with E-state index in [1.54, 1.807) is 16.8 Å². The fourth-order valence-corrected chi connectivity index (χ4v) is 3.29. The number of hydrogen-bond acceptors (Lipinski definition) is 4. The normalized spacial score (nSPS) is 11.3. The number of amides is 1. The van der Waals surface area contributed by atoms with E-state index in [0.29, 0.717) is 12.1 Å². The van der Waals surface area contributed by atoms with Crippen LogP contribution < -0.4 is 5.32 Å². The number of aliphatic carboxylic acids is 1. The summed E-state index contributed by atoms with van der Waals surface area (Å²) in [4.78, 5) is 24.3. The van der Waals surface area contributed by atoms with E-state index in [-0.39, 0.29) is 12.1 Å². The molecule has 0 aliphatic rings. The van der Waals surface area contributed by atoms with Crippen LogP contribution in [0, 0.1) is 11.3 Å². The Morgan fingerprint density at radius 3 is 2.77 bits per heavy atom. The highest BCUT2D eigenvalue weighted by Gasteiger charge is 2.13. The van der Waals surface area contributed by atoms with Gasteiger partial charge in [-0.1, -0.05) is 24.3 Å². The molecule has 0 aliphatic heterocycles. The van der Waals surface area contributed by atoms with E-state index in [1.807, 2.05) is 41.8 Å². The number of hydrogen-bond donors (Lipinski definition) is 2. The molecule has 0 saturated carbocycles. The number of carboxylic acid groups (broad SMARTS) is 1. The Bertz CT molecular complexity index is 1030. The van der Waals surface area contributed by atoms with Crippen LogP contribution in [0.2, 0.25) is 0 Å². The molecule has 0 saturated heterocycles. The number of para-hydroxylation sites is 1. The van der Waals surface area contributed by atoms with Crippen LogP contribution in [0.4, 0.5) is 0 Å². The lowest BCUT2D eigenvalue weighted by Crippen LogP contribution is -2.23. The van der Waals surface area contributed by atoms with Crippen molar-refractivity contribution in [3.05, 3.63) is 64.0 Å². The molecule has 0 radical (unpaired) electrons. The summed E-state index contributed by atoms with van der Waals surface area (Å²) in [7, 11) is 0. The maximum Gasteiger partial charge on any atom is 0.323 e. The minimum atomic E-state index is -0.963. The van der Waals surface area contributed by atoms with Gasteiger partial charge in [0, 0.05) is 27.5 Å². The number of aromatic nitrogens is 1. The lowest BCUT2D eigenvalue weighted by Gasteiger charge is -2.02. The van der Waals surface area contributed by atoms with Crippen molar-refractivity contribution in [1.29, 1.82) is 5.26 Å². The largest absolute Gasteiger partial charge is 0.480 e. The van der Waals surface area contributed by atoms with Crippen LogP contribution in [0.1, 0.15) is 10.4 Å². The third kappa shape index (κ3) is 3.82. The molecule has 26 heavy (non-hydrogen) atoms. The van der Waals surface area contributed by atoms with Gasteiger partial charge < -0.3 is 15.0 Å². The predicted molar refractivity (Wildman–Crippen MR) is 99.3 cm³/mol. The molecule has 7 heteroatoms. The number of fused-ring (bicyclic) bond motifs is 1. The number of carbonyl (C=O) groups is 2. The van der Waals surface area contributed by atoms with Gasteiger partial charge in [0.25, 0.3) is 5.91 Å². The molecule has 130 valence electrons. The second-order valence-electron chi connectivity index (χ2n) is 5.56. The molecule has 0 bridgehead atoms. The zero-order chi connectivity index (χ0) is 18.5. The lowest BCUT2D eigenvalue weighted by atomic mass is 10.1. The fourth-order valence-electron chi connectivity index (χ4n) is 2.65. The van der Waals surface area contributed by atoms with Crippen molar-refractivity contribution in [2.75, 3.05) is 0 Å². The molecule has 2 aromatic heterocycles. The highest BCUT2D eigenvalue weighted by molar-refractivity contribution is 7.09. The highest BCUT2D eigenvalue weighted by atomic mass is 32.1. The molecule has 0 fully saturated rings. The van der Waals surface area contributed by atoms with Gasteiger partial charge in [-0.2, -0.15) is 5.26 Å². The first-order chi connectivity index (χ1) is 12.6. The third-order valence-electron chi connectivity index (χ3n) is 3.79. The topological polar surface area (TPSA) is 95.1 Å². The first kappa shape index (κ1) is 17.5. The molecule has 1 amide bonds.